The Morgan fingerprint density at radius 1 is 1.19 bits per heavy atom. The molecule has 1 aliphatic heterocycles. The third kappa shape index (κ3) is 6.39. The van der Waals surface area contributed by atoms with Crippen LogP contribution in [0.1, 0.15) is 43.0 Å². The summed E-state index contributed by atoms with van der Waals surface area (Å²) in [6.07, 6.45) is 6.49. The van der Waals surface area contributed by atoms with Crippen LogP contribution in [0.3, 0.4) is 0 Å². The van der Waals surface area contributed by atoms with Gasteiger partial charge >= 0.3 is 6.01 Å². The smallest absolute Gasteiger partial charge is 0.318 e. The molecule has 1 saturated carbocycles. The first kappa shape index (κ1) is 26.0. The molecule has 0 radical (unpaired) electrons. The maximum absolute atomic E-state index is 9.60. The molecule has 1 fully saturated rings. The van der Waals surface area contributed by atoms with E-state index in [1.807, 2.05) is 38.1 Å². The number of anilines is 1. The van der Waals surface area contributed by atoms with E-state index in [4.69, 9.17) is 24.2 Å². The van der Waals surface area contributed by atoms with Crippen LogP contribution >= 0.6 is 11.8 Å². The molecule has 2 atom stereocenters. The van der Waals surface area contributed by atoms with E-state index >= 15 is 0 Å². The van der Waals surface area contributed by atoms with E-state index in [0.29, 0.717) is 11.7 Å². The van der Waals surface area contributed by atoms with Gasteiger partial charge < -0.3 is 24.6 Å². The molecule has 2 aliphatic rings. The van der Waals surface area contributed by atoms with Crippen LogP contribution in [0.2, 0.25) is 0 Å². The molecular weight excluding hydrogens is 476 g/mol. The Bertz CT molecular complexity index is 1160. The summed E-state index contributed by atoms with van der Waals surface area (Å²) >= 11 is 1.69. The van der Waals surface area contributed by atoms with Gasteiger partial charge in [0.05, 0.1) is 36.9 Å². The number of para-hydroxylation sites is 1. The van der Waals surface area contributed by atoms with E-state index in [1.165, 1.54) is 5.56 Å². The number of allylic oxidation sites excluding steroid dienone is 2. The minimum Gasteiger partial charge on any atom is -0.501 e. The summed E-state index contributed by atoms with van der Waals surface area (Å²) in [6.45, 7) is 4.28. The quantitative estimate of drug-likeness (QED) is 0.335. The molecule has 2 aromatic rings. The summed E-state index contributed by atoms with van der Waals surface area (Å²) in [7, 11) is 3.22. The van der Waals surface area contributed by atoms with Gasteiger partial charge in [-0.25, -0.2) is 4.99 Å². The third-order valence-electron chi connectivity index (χ3n) is 6.40. The lowest BCUT2D eigenvalue weighted by molar-refractivity contribution is 0.229. The van der Waals surface area contributed by atoms with Crippen molar-refractivity contribution in [3.8, 4) is 6.01 Å². The first-order chi connectivity index (χ1) is 17.5. The monoisotopic (exact) mass is 510 g/mol. The van der Waals surface area contributed by atoms with Gasteiger partial charge in [-0.1, -0.05) is 18.2 Å². The second-order valence-corrected chi connectivity index (χ2v) is 9.90. The zero-order valence-corrected chi connectivity index (χ0v) is 22.1. The Balaban J connectivity index is 1.62. The van der Waals surface area contributed by atoms with Gasteiger partial charge in [0.2, 0.25) is 0 Å². The number of methoxy groups -OCH3 is 2. The highest BCUT2D eigenvalue weighted by molar-refractivity contribution is 8.13. The van der Waals surface area contributed by atoms with Gasteiger partial charge in [0.25, 0.3) is 0 Å². The average molecular weight is 511 g/mol. The van der Waals surface area contributed by atoms with Crippen molar-refractivity contribution in [3.05, 3.63) is 64.8 Å². The number of aliphatic imine (C=N–C) groups is 1. The molecular formula is C27H34N4O4S. The molecule has 1 aromatic carbocycles. The molecule has 0 bridgehead atoms. The van der Waals surface area contributed by atoms with Crippen molar-refractivity contribution in [1.82, 2.24) is 9.97 Å². The predicted octanol–water partition coefficient (Wildman–Crippen LogP) is 5.14. The van der Waals surface area contributed by atoms with Gasteiger partial charge in [0.15, 0.2) is 0 Å². The molecule has 2 heterocycles. The fourth-order valence-corrected chi connectivity index (χ4v) is 5.44. The Kier molecular flexibility index (Phi) is 8.88. The molecule has 1 unspecified atom stereocenters. The van der Waals surface area contributed by atoms with Gasteiger partial charge in [-0.3, -0.25) is 0 Å². The third-order valence-corrected chi connectivity index (χ3v) is 7.43. The van der Waals surface area contributed by atoms with Crippen LogP contribution in [-0.4, -0.2) is 53.6 Å². The van der Waals surface area contributed by atoms with Gasteiger partial charge in [-0.05, 0) is 56.7 Å². The van der Waals surface area contributed by atoms with Crippen LogP contribution in [0.5, 0.6) is 6.01 Å². The second-order valence-electron chi connectivity index (χ2n) is 8.93. The second kappa shape index (κ2) is 12.3. The van der Waals surface area contributed by atoms with Crippen molar-refractivity contribution in [2.75, 3.05) is 32.8 Å². The zero-order valence-electron chi connectivity index (χ0n) is 21.3. The number of hydrogen-bond donors (Lipinski definition) is 2. The lowest BCUT2D eigenvalue weighted by atomic mass is 10.1. The SMILES string of the molecule is CO/C(C)=C/C(=C\COc1nc(C)c(C2=Nc3ccccc3CS2)c(N[C@H]2CCC(CO)C2)n1)OC. The van der Waals surface area contributed by atoms with Crippen molar-refractivity contribution in [2.24, 2.45) is 10.9 Å². The van der Waals surface area contributed by atoms with Crippen LogP contribution in [-0.2, 0) is 15.2 Å². The largest absolute Gasteiger partial charge is 0.501 e. The summed E-state index contributed by atoms with van der Waals surface area (Å²) in [5.41, 5.74) is 3.91. The van der Waals surface area contributed by atoms with E-state index in [-0.39, 0.29) is 25.3 Å². The van der Waals surface area contributed by atoms with Crippen LogP contribution in [0.4, 0.5) is 11.5 Å². The Hall–Kier alpha value is -3.04. The van der Waals surface area contributed by atoms with Crippen LogP contribution in [0.15, 0.2) is 52.9 Å². The van der Waals surface area contributed by atoms with E-state index in [0.717, 1.165) is 58.6 Å². The van der Waals surface area contributed by atoms with Crippen LogP contribution in [0, 0.1) is 12.8 Å². The zero-order chi connectivity index (χ0) is 25.5. The van der Waals surface area contributed by atoms with Gasteiger partial charge in [-0.15, -0.1) is 11.8 Å². The predicted molar refractivity (Wildman–Crippen MR) is 144 cm³/mol. The van der Waals surface area contributed by atoms with Crippen LogP contribution in [0.25, 0.3) is 0 Å². The molecule has 4 rings (SSSR count). The van der Waals surface area contributed by atoms with Gasteiger partial charge in [0.1, 0.15) is 23.2 Å². The molecule has 0 saturated heterocycles. The van der Waals surface area contributed by atoms with Crippen molar-refractivity contribution in [2.45, 2.75) is 44.9 Å². The maximum atomic E-state index is 9.60. The topological polar surface area (TPSA) is 98.1 Å². The van der Waals surface area contributed by atoms with E-state index in [1.54, 1.807) is 32.1 Å². The van der Waals surface area contributed by atoms with E-state index < -0.39 is 0 Å². The first-order valence-corrected chi connectivity index (χ1v) is 13.1. The van der Waals surface area contributed by atoms with Crippen LogP contribution < -0.4 is 10.1 Å². The number of ether oxygens (including phenoxy) is 3. The molecule has 0 spiro atoms. The van der Waals surface area contributed by atoms with Crippen molar-refractivity contribution in [1.29, 1.82) is 0 Å². The number of fused-ring (bicyclic) bond motifs is 1. The Morgan fingerprint density at radius 3 is 2.78 bits per heavy atom. The standard InChI is InChI=1S/C27H34N4O4S/c1-17(33-3)13-22(34-4)11-12-35-27-28-18(2)24(25(31-27)29-21-10-9-19(14-21)15-32)26-30-23-8-6-5-7-20(23)16-36-26/h5-8,11,13,19,21,32H,9-10,12,14-16H2,1-4H3,(H,28,29,31)/b17-13+,22-11+/t19?,21-/m0/s1. The molecule has 1 aliphatic carbocycles. The number of aliphatic hydroxyl groups excluding tert-OH is 1. The normalized spacial score (nSPS) is 20.0. The fraction of sp³-hybridized carbons (Fsp3) is 0.444. The number of aliphatic hydroxyl groups is 1. The van der Waals surface area contributed by atoms with Crippen molar-refractivity contribution in [3.63, 3.8) is 0 Å². The highest BCUT2D eigenvalue weighted by Crippen LogP contribution is 2.37. The lowest BCUT2D eigenvalue weighted by Gasteiger charge is -2.21. The molecule has 1 aromatic heterocycles. The Labute approximate surface area is 216 Å². The number of nitrogens with one attached hydrogen (secondary N) is 1. The molecule has 0 amide bonds. The molecule has 2 N–H and O–H groups in total. The minimum atomic E-state index is 0.215. The molecule has 192 valence electrons. The molecule has 36 heavy (non-hydrogen) atoms. The molecule has 9 heteroatoms. The molecule has 8 nitrogen and oxygen atoms in total. The number of thioether (sulfide) groups is 1. The number of aromatic nitrogens is 2. The average Bonchev–Trinajstić information content (AvgIpc) is 3.35. The lowest BCUT2D eigenvalue weighted by Crippen LogP contribution is -2.21. The van der Waals surface area contributed by atoms with E-state index in [9.17, 15) is 5.11 Å². The number of nitrogens with zero attached hydrogens (tertiary/aromatic N) is 3. The summed E-state index contributed by atoms with van der Waals surface area (Å²) in [5, 5.41) is 14.1. The van der Waals surface area contributed by atoms with Gasteiger partial charge in [0, 0.05) is 24.5 Å². The van der Waals surface area contributed by atoms with Crippen molar-refractivity contribution < 1.29 is 19.3 Å². The summed E-state index contributed by atoms with van der Waals surface area (Å²) < 4.78 is 16.5. The maximum Gasteiger partial charge on any atom is 0.318 e. The highest BCUT2D eigenvalue weighted by atomic mass is 32.2. The summed E-state index contributed by atoms with van der Waals surface area (Å²) in [6, 6.07) is 8.72. The Morgan fingerprint density at radius 2 is 2.03 bits per heavy atom. The summed E-state index contributed by atoms with van der Waals surface area (Å²) in [4.78, 5) is 14.4. The summed E-state index contributed by atoms with van der Waals surface area (Å²) in [5.74, 6) is 3.25. The number of hydrogen-bond acceptors (Lipinski definition) is 9. The van der Waals surface area contributed by atoms with E-state index in [2.05, 4.69) is 16.4 Å². The highest BCUT2D eigenvalue weighted by Gasteiger charge is 2.28. The first-order valence-electron chi connectivity index (χ1n) is 12.2. The minimum absolute atomic E-state index is 0.215. The number of aryl methyl sites for hydroxylation is 1. The van der Waals surface area contributed by atoms with Gasteiger partial charge in [-0.2, -0.15) is 9.97 Å². The number of benzene rings is 1. The fourth-order valence-electron chi connectivity index (χ4n) is 4.35. The number of rotatable bonds is 10. The van der Waals surface area contributed by atoms with Crippen molar-refractivity contribution >= 4 is 28.3 Å².